The minimum Gasteiger partial charge on any atom is -0.261 e. The molecule has 0 aliphatic carbocycles. The van der Waals surface area contributed by atoms with Gasteiger partial charge in [-0.3, -0.25) is 4.98 Å². The Hall–Kier alpha value is -0.850. The van der Waals surface area contributed by atoms with E-state index in [0.717, 1.165) is 6.42 Å². The van der Waals surface area contributed by atoms with Crippen molar-refractivity contribution in [3.05, 3.63) is 29.6 Å². The van der Waals surface area contributed by atoms with Gasteiger partial charge in [0.15, 0.2) is 0 Å². The van der Waals surface area contributed by atoms with Gasteiger partial charge in [-0.25, -0.2) is 0 Å². The summed E-state index contributed by atoms with van der Waals surface area (Å²) in [7, 11) is 0. The summed E-state index contributed by atoms with van der Waals surface area (Å²) in [6.45, 7) is 6.68. The second-order valence-corrected chi connectivity index (χ2v) is 3.61. The summed E-state index contributed by atoms with van der Waals surface area (Å²) in [6, 6.07) is 4.24. The molecule has 1 aromatic rings. The molecule has 1 heterocycles. The number of pyridine rings is 1. The maximum atomic E-state index is 4.47. The predicted octanol–water partition coefficient (Wildman–Crippen LogP) is 3.55. The average Bonchev–Trinajstić information content (AvgIpc) is 2.18. The van der Waals surface area contributed by atoms with E-state index in [9.17, 15) is 0 Å². The Morgan fingerprint density at radius 2 is 2.15 bits per heavy atom. The van der Waals surface area contributed by atoms with Crippen LogP contribution < -0.4 is 0 Å². The average molecular weight is 177 g/mol. The largest absolute Gasteiger partial charge is 0.261 e. The normalized spacial score (nSPS) is 12.8. The van der Waals surface area contributed by atoms with E-state index in [2.05, 4.69) is 31.8 Å². The molecule has 0 radical (unpaired) electrons. The van der Waals surface area contributed by atoms with Gasteiger partial charge in [0.25, 0.3) is 0 Å². The molecule has 0 saturated heterocycles. The minimum atomic E-state index is 0.600. The molecule has 0 N–H and O–H groups in total. The number of aryl methyl sites for hydroxylation is 1. The Bertz CT molecular complexity index is 255. The maximum absolute atomic E-state index is 4.47. The summed E-state index contributed by atoms with van der Waals surface area (Å²) >= 11 is 0. The van der Waals surface area contributed by atoms with Crippen LogP contribution in [0.25, 0.3) is 0 Å². The van der Waals surface area contributed by atoms with Gasteiger partial charge < -0.3 is 0 Å². The molecule has 13 heavy (non-hydrogen) atoms. The van der Waals surface area contributed by atoms with E-state index in [0.29, 0.717) is 5.92 Å². The van der Waals surface area contributed by atoms with Gasteiger partial charge in [0.05, 0.1) is 0 Å². The number of nitrogens with zero attached hydrogens (tertiary/aromatic N) is 1. The van der Waals surface area contributed by atoms with Gasteiger partial charge in [-0.1, -0.05) is 33.3 Å². The Labute approximate surface area is 81.2 Å². The van der Waals surface area contributed by atoms with Gasteiger partial charge in [-0.2, -0.15) is 0 Å². The van der Waals surface area contributed by atoms with E-state index in [1.807, 2.05) is 12.3 Å². The summed E-state index contributed by atoms with van der Waals surface area (Å²) in [5.41, 5.74) is 2.73. The molecule has 0 spiro atoms. The lowest BCUT2D eigenvalue weighted by molar-refractivity contribution is 0.691. The smallest absolute Gasteiger partial charge is 0.0463 e. The number of hydrogen-bond donors (Lipinski definition) is 0. The van der Waals surface area contributed by atoms with Gasteiger partial charge in [-0.05, 0) is 30.4 Å². The van der Waals surface area contributed by atoms with E-state index < -0.39 is 0 Å². The molecule has 1 unspecified atom stereocenters. The molecule has 0 amide bonds. The lowest BCUT2D eigenvalue weighted by Gasteiger charge is -2.12. The fraction of sp³-hybridized carbons (Fsp3) is 0.583. The zero-order chi connectivity index (χ0) is 9.68. The first-order valence-corrected chi connectivity index (χ1v) is 5.23. The van der Waals surface area contributed by atoms with Crippen LogP contribution in [-0.4, -0.2) is 4.98 Å². The summed E-state index contributed by atoms with van der Waals surface area (Å²) < 4.78 is 0. The fourth-order valence-corrected chi connectivity index (χ4v) is 1.57. The van der Waals surface area contributed by atoms with Crippen LogP contribution in [0.15, 0.2) is 18.3 Å². The Kier molecular flexibility index (Phi) is 3.94. The Morgan fingerprint density at radius 1 is 1.38 bits per heavy atom. The molecule has 0 aliphatic heterocycles. The van der Waals surface area contributed by atoms with Crippen molar-refractivity contribution in [1.82, 2.24) is 4.98 Å². The highest BCUT2D eigenvalue weighted by Crippen LogP contribution is 2.20. The molecule has 0 saturated carbocycles. The monoisotopic (exact) mass is 177 g/mol. The maximum Gasteiger partial charge on any atom is 0.0463 e. The van der Waals surface area contributed by atoms with Crippen LogP contribution in [0.3, 0.4) is 0 Å². The lowest BCUT2D eigenvalue weighted by atomic mass is 9.97. The van der Waals surface area contributed by atoms with E-state index in [1.165, 1.54) is 24.1 Å². The number of hydrogen-bond acceptors (Lipinski definition) is 1. The highest BCUT2D eigenvalue weighted by Gasteiger charge is 2.08. The van der Waals surface area contributed by atoms with Crippen molar-refractivity contribution < 1.29 is 0 Å². The Balaban J connectivity index is 2.90. The molecule has 0 aliphatic rings. The molecular formula is C12H19N. The molecule has 1 aromatic heterocycles. The second-order valence-electron chi connectivity index (χ2n) is 3.61. The minimum absolute atomic E-state index is 0.600. The highest BCUT2D eigenvalue weighted by atomic mass is 14.7. The lowest BCUT2D eigenvalue weighted by Crippen LogP contribution is -2.01. The van der Waals surface area contributed by atoms with Gasteiger partial charge in [0, 0.05) is 11.9 Å². The summed E-state index contributed by atoms with van der Waals surface area (Å²) in [5.74, 6) is 0.600. The van der Waals surface area contributed by atoms with E-state index >= 15 is 0 Å². The van der Waals surface area contributed by atoms with Crippen LogP contribution in [0.4, 0.5) is 0 Å². The van der Waals surface area contributed by atoms with Crippen LogP contribution in [0.2, 0.25) is 0 Å². The van der Waals surface area contributed by atoms with Gasteiger partial charge in [0.1, 0.15) is 0 Å². The molecule has 0 aromatic carbocycles. The number of rotatable bonds is 4. The summed E-state index contributed by atoms with van der Waals surface area (Å²) in [4.78, 5) is 4.47. The first-order chi connectivity index (χ1) is 6.29. The third kappa shape index (κ3) is 2.55. The first-order valence-electron chi connectivity index (χ1n) is 5.23. The third-order valence-electron chi connectivity index (χ3n) is 2.52. The molecular weight excluding hydrogens is 158 g/mol. The second kappa shape index (κ2) is 5.00. The molecule has 1 rings (SSSR count). The summed E-state index contributed by atoms with van der Waals surface area (Å²) in [5, 5.41) is 0. The quantitative estimate of drug-likeness (QED) is 0.685. The number of aromatic nitrogens is 1. The SMILES string of the molecule is CCCc1cccnc1C(C)CC. The van der Waals surface area contributed by atoms with Gasteiger partial charge in [-0.15, -0.1) is 0 Å². The van der Waals surface area contributed by atoms with Crippen LogP contribution in [0.5, 0.6) is 0 Å². The molecule has 72 valence electrons. The fourth-order valence-electron chi connectivity index (χ4n) is 1.57. The molecule has 1 nitrogen and oxygen atoms in total. The third-order valence-corrected chi connectivity index (χ3v) is 2.52. The van der Waals surface area contributed by atoms with Crippen LogP contribution in [-0.2, 0) is 6.42 Å². The van der Waals surface area contributed by atoms with E-state index in [4.69, 9.17) is 0 Å². The van der Waals surface area contributed by atoms with Crippen molar-refractivity contribution in [3.8, 4) is 0 Å². The van der Waals surface area contributed by atoms with E-state index in [1.54, 1.807) is 0 Å². The highest BCUT2D eigenvalue weighted by molar-refractivity contribution is 5.22. The molecule has 1 heteroatoms. The van der Waals surface area contributed by atoms with Crippen molar-refractivity contribution in [2.24, 2.45) is 0 Å². The molecule has 1 atom stereocenters. The van der Waals surface area contributed by atoms with Crippen LogP contribution in [0.1, 0.15) is 50.8 Å². The van der Waals surface area contributed by atoms with Crippen molar-refractivity contribution in [2.75, 3.05) is 0 Å². The van der Waals surface area contributed by atoms with Gasteiger partial charge in [0.2, 0.25) is 0 Å². The predicted molar refractivity (Wildman–Crippen MR) is 56.9 cm³/mol. The van der Waals surface area contributed by atoms with Crippen LogP contribution >= 0.6 is 0 Å². The van der Waals surface area contributed by atoms with Crippen molar-refractivity contribution in [1.29, 1.82) is 0 Å². The van der Waals surface area contributed by atoms with Gasteiger partial charge >= 0.3 is 0 Å². The van der Waals surface area contributed by atoms with Crippen molar-refractivity contribution in [3.63, 3.8) is 0 Å². The zero-order valence-electron chi connectivity index (χ0n) is 8.88. The van der Waals surface area contributed by atoms with E-state index in [-0.39, 0.29) is 0 Å². The Morgan fingerprint density at radius 3 is 2.77 bits per heavy atom. The zero-order valence-corrected chi connectivity index (χ0v) is 8.88. The van der Waals surface area contributed by atoms with Crippen molar-refractivity contribution >= 4 is 0 Å². The molecule has 0 bridgehead atoms. The topological polar surface area (TPSA) is 12.9 Å². The first kappa shape index (κ1) is 10.2. The summed E-state index contributed by atoms with van der Waals surface area (Å²) in [6.07, 6.45) is 5.44. The standard InChI is InChI=1S/C12H19N/c1-4-7-11-8-6-9-13-12(11)10(3)5-2/h6,8-10H,4-5,7H2,1-3H3. The molecule has 0 fully saturated rings. The van der Waals surface area contributed by atoms with Crippen LogP contribution in [0, 0.1) is 0 Å². The van der Waals surface area contributed by atoms with Crippen molar-refractivity contribution in [2.45, 2.75) is 46.0 Å².